The number of nitrogens with one attached hydrogen (secondary N) is 1. The number of rotatable bonds is 7. The molecule has 4 aromatic carbocycles. The van der Waals surface area contributed by atoms with Gasteiger partial charge in [-0.15, -0.1) is 0 Å². The molecule has 0 bridgehead atoms. The lowest BCUT2D eigenvalue weighted by Crippen LogP contribution is -2.32. The molecule has 1 atom stereocenters. The Labute approximate surface area is 205 Å². The van der Waals surface area contributed by atoms with E-state index >= 15 is 0 Å². The molecule has 4 aromatic rings. The smallest absolute Gasteiger partial charge is 0.351 e. The molecule has 1 unspecified atom stereocenters. The quantitative estimate of drug-likeness (QED) is 0.267. The lowest BCUT2D eigenvalue weighted by atomic mass is 9.77. The second-order valence-corrected chi connectivity index (χ2v) is 8.36. The van der Waals surface area contributed by atoms with Gasteiger partial charge in [0.25, 0.3) is 5.91 Å². The number of alkyl halides is 3. The third kappa shape index (κ3) is 5.79. The van der Waals surface area contributed by atoms with Gasteiger partial charge < -0.3 is 5.32 Å². The van der Waals surface area contributed by atoms with Gasteiger partial charge in [-0.2, -0.15) is 13.2 Å². The summed E-state index contributed by atoms with van der Waals surface area (Å²) in [5, 5.41) is 2.70. The van der Waals surface area contributed by atoms with E-state index in [0.717, 1.165) is 35.4 Å². The van der Waals surface area contributed by atoms with E-state index in [1.807, 2.05) is 60.7 Å². The number of halogens is 5. The van der Waals surface area contributed by atoms with Crippen molar-refractivity contribution in [3.8, 4) is 0 Å². The van der Waals surface area contributed by atoms with Crippen molar-refractivity contribution in [1.82, 2.24) is 5.32 Å². The van der Waals surface area contributed by atoms with E-state index in [0.29, 0.717) is 11.6 Å². The van der Waals surface area contributed by atoms with Crippen LogP contribution in [0.25, 0.3) is 0 Å². The average molecular weight is 495 g/mol. The molecule has 0 radical (unpaired) electrons. The van der Waals surface area contributed by atoms with Gasteiger partial charge in [0.05, 0.1) is 11.1 Å². The lowest BCUT2D eigenvalue weighted by molar-refractivity contribution is -0.137. The molecule has 1 amide bonds. The van der Waals surface area contributed by atoms with Crippen LogP contribution in [0.5, 0.6) is 0 Å². The largest absolute Gasteiger partial charge is 0.416 e. The molecule has 0 aliphatic heterocycles. The molecule has 36 heavy (non-hydrogen) atoms. The van der Waals surface area contributed by atoms with Gasteiger partial charge in [0.1, 0.15) is 11.6 Å². The molecule has 0 saturated heterocycles. The first kappa shape index (κ1) is 25.1. The molecule has 0 aliphatic carbocycles. The second-order valence-electron chi connectivity index (χ2n) is 8.36. The maximum Gasteiger partial charge on any atom is 0.416 e. The van der Waals surface area contributed by atoms with Gasteiger partial charge in [0, 0.05) is 24.4 Å². The molecule has 0 heterocycles. The zero-order chi connectivity index (χ0) is 25.7. The minimum Gasteiger partial charge on any atom is -0.351 e. The van der Waals surface area contributed by atoms with Crippen molar-refractivity contribution in [3.05, 3.63) is 143 Å². The first-order valence-electron chi connectivity index (χ1n) is 11.2. The molecule has 0 aromatic heterocycles. The van der Waals surface area contributed by atoms with E-state index < -0.39 is 35.2 Å². The van der Waals surface area contributed by atoms with Crippen molar-refractivity contribution < 1.29 is 26.7 Å². The fourth-order valence-corrected chi connectivity index (χ4v) is 4.30. The Bertz CT molecular complexity index is 1270. The Morgan fingerprint density at radius 2 is 1.28 bits per heavy atom. The van der Waals surface area contributed by atoms with Crippen molar-refractivity contribution >= 4 is 5.91 Å². The van der Waals surface area contributed by atoms with Crippen LogP contribution in [0.3, 0.4) is 0 Å². The molecule has 0 saturated carbocycles. The maximum atomic E-state index is 14.2. The van der Waals surface area contributed by atoms with Gasteiger partial charge in [-0.3, -0.25) is 4.79 Å². The topological polar surface area (TPSA) is 29.1 Å². The molecule has 0 aliphatic rings. The second kappa shape index (κ2) is 10.7. The predicted octanol–water partition coefficient (Wildman–Crippen LogP) is 7.33. The van der Waals surface area contributed by atoms with Gasteiger partial charge >= 0.3 is 6.18 Å². The van der Waals surface area contributed by atoms with E-state index in [9.17, 15) is 26.7 Å². The number of carbonyl (C=O) groups excluding carboxylic acids is 1. The van der Waals surface area contributed by atoms with Crippen LogP contribution < -0.4 is 5.32 Å². The van der Waals surface area contributed by atoms with E-state index in [-0.39, 0.29) is 18.0 Å². The van der Waals surface area contributed by atoms with Crippen molar-refractivity contribution in [3.63, 3.8) is 0 Å². The van der Waals surface area contributed by atoms with Gasteiger partial charge in [-0.05, 0) is 41.0 Å². The average Bonchev–Trinajstić information content (AvgIpc) is 2.87. The van der Waals surface area contributed by atoms with Crippen molar-refractivity contribution in [1.29, 1.82) is 0 Å². The highest BCUT2D eigenvalue weighted by molar-refractivity contribution is 5.94. The van der Waals surface area contributed by atoms with Crippen LogP contribution in [-0.4, -0.2) is 12.5 Å². The molecule has 7 heteroatoms. The number of hydrogen-bond acceptors (Lipinski definition) is 1. The van der Waals surface area contributed by atoms with Gasteiger partial charge in [0.15, 0.2) is 0 Å². The highest BCUT2D eigenvalue weighted by Crippen LogP contribution is 2.39. The lowest BCUT2D eigenvalue weighted by Gasteiger charge is -2.29. The highest BCUT2D eigenvalue weighted by atomic mass is 19.4. The summed E-state index contributed by atoms with van der Waals surface area (Å²) in [5.41, 5.74) is 1.27. The minimum absolute atomic E-state index is 0.00449. The minimum atomic E-state index is -4.49. The van der Waals surface area contributed by atoms with Crippen LogP contribution in [0.1, 0.15) is 44.4 Å². The summed E-state index contributed by atoms with van der Waals surface area (Å²) >= 11 is 0. The number of carbonyl (C=O) groups is 1. The zero-order valence-corrected chi connectivity index (χ0v) is 19.0. The summed E-state index contributed by atoms with van der Waals surface area (Å²) < 4.78 is 67.1. The van der Waals surface area contributed by atoms with Crippen molar-refractivity contribution in [2.75, 3.05) is 6.54 Å². The molecule has 184 valence electrons. The molecular formula is C29H22F5NO. The third-order valence-corrected chi connectivity index (χ3v) is 6.04. The zero-order valence-electron chi connectivity index (χ0n) is 19.0. The summed E-state index contributed by atoms with van der Waals surface area (Å²) in [4.78, 5) is 12.8. The normalized spacial score (nSPS) is 12.4. The first-order chi connectivity index (χ1) is 17.2. The third-order valence-electron chi connectivity index (χ3n) is 6.04. The molecule has 0 fully saturated rings. The SMILES string of the molecule is O=C(NCC(c1ccc(C(F)(F)F)cc1)C(c1ccccc1)c1ccccc1)c1ccc(F)cc1F. The first-order valence-corrected chi connectivity index (χ1v) is 11.2. The van der Waals surface area contributed by atoms with E-state index in [2.05, 4.69) is 5.32 Å². The van der Waals surface area contributed by atoms with Crippen LogP contribution in [-0.2, 0) is 6.18 Å². The van der Waals surface area contributed by atoms with Gasteiger partial charge in [-0.1, -0.05) is 72.8 Å². The highest BCUT2D eigenvalue weighted by Gasteiger charge is 2.32. The van der Waals surface area contributed by atoms with E-state index in [1.54, 1.807) is 0 Å². The molecule has 1 N–H and O–H groups in total. The Morgan fingerprint density at radius 3 is 1.78 bits per heavy atom. The Kier molecular flexibility index (Phi) is 7.48. The van der Waals surface area contributed by atoms with Crippen LogP contribution in [0.15, 0.2) is 103 Å². The molecule has 2 nitrogen and oxygen atoms in total. The summed E-state index contributed by atoms with van der Waals surface area (Å²) in [5.74, 6) is -3.38. The predicted molar refractivity (Wildman–Crippen MR) is 128 cm³/mol. The molecular weight excluding hydrogens is 473 g/mol. The van der Waals surface area contributed by atoms with E-state index in [1.165, 1.54) is 12.1 Å². The number of hydrogen-bond donors (Lipinski definition) is 1. The van der Waals surface area contributed by atoms with Crippen molar-refractivity contribution in [2.45, 2.75) is 18.0 Å². The number of benzene rings is 4. The van der Waals surface area contributed by atoms with Crippen molar-refractivity contribution in [2.24, 2.45) is 0 Å². The Morgan fingerprint density at radius 1 is 0.722 bits per heavy atom. The fraction of sp³-hybridized carbons (Fsp3) is 0.138. The number of amides is 1. The monoisotopic (exact) mass is 495 g/mol. The Hall–Kier alpha value is -4.00. The summed E-state index contributed by atoms with van der Waals surface area (Å²) in [6.07, 6.45) is -4.49. The fourth-order valence-electron chi connectivity index (χ4n) is 4.30. The van der Waals surface area contributed by atoms with Crippen LogP contribution in [0.4, 0.5) is 22.0 Å². The van der Waals surface area contributed by atoms with Gasteiger partial charge in [0.2, 0.25) is 0 Å². The summed E-state index contributed by atoms with van der Waals surface area (Å²) in [6.45, 7) is -0.00449. The standard InChI is InChI=1S/C29H22F5NO/c30-23-15-16-24(26(31)17-23)28(36)35-18-25(19-11-13-22(14-12-19)29(32,33)34)27(20-7-3-1-4-8-20)21-9-5-2-6-10-21/h1-17,25,27H,18H2,(H,35,36). The molecule has 0 spiro atoms. The van der Waals surface area contributed by atoms with Crippen LogP contribution in [0, 0.1) is 11.6 Å². The van der Waals surface area contributed by atoms with Crippen LogP contribution >= 0.6 is 0 Å². The van der Waals surface area contributed by atoms with Gasteiger partial charge in [-0.25, -0.2) is 8.78 Å². The summed E-state index contributed by atoms with van der Waals surface area (Å²) in [7, 11) is 0. The van der Waals surface area contributed by atoms with Crippen LogP contribution in [0.2, 0.25) is 0 Å². The molecule has 4 rings (SSSR count). The van der Waals surface area contributed by atoms with E-state index in [4.69, 9.17) is 0 Å². The Balaban J connectivity index is 1.74. The summed E-state index contributed by atoms with van der Waals surface area (Å²) in [6, 6.07) is 26.3. The maximum absolute atomic E-state index is 14.2.